The molecule has 4 N–H and O–H groups in total. The first-order chi connectivity index (χ1) is 9.22. The van der Waals surface area contributed by atoms with Crippen molar-refractivity contribution in [1.29, 1.82) is 0 Å². The third kappa shape index (κ3) is 3.89. The lowest BCUT2D eigenvalue weighted by Crippen LogP contribution is -2.43. The molecule has 0 bridgehead atoms. The highest BCUT2D eigenvalue weighted by molar-refractivity contribution is 6.33. The minimum absolute atomic E-state index is 0.399. The van der Waals surface area contributed by atoms with E-state index >= 15 is 0 Å². The molecule has 9 heteroatoms. The van der Waals surface area contributed by atoms with Gasteiger partial charge in [0.2, 0.25) is 5.91 Å². The number of amides is 2. The van der Waals surface area contributed by atoms with Crippen LogP contribution in [0, 0.1) is 11.6 Å². The van der Waals surface area contributed by atoms with E-state index in [9.17, 15) is 23.2 Å². The van der Waals surface area contributed by atoms with Gasteiger partial charge in [-0.05, 0) is 12.1 Å². The Kier molecular flexibility index (Phi) is 4.98. The Morgan fingerprint density at radius 1 is 1.30 bits per heavy atom. The second kappa shape index (κ2) is 6.29. The number of carbonyl (C=O) groups excluding carboxylic acids is 2. The van der Waals surface area contributed by atoms with Gasteiger partial charge in [0.05, 0.1) is 17.0 Å². The van der Waals surface area contributed by atoms with Gasteiger partial charge in [-0.3, -0.25) is 9.59 Å². The smallest absolute Gasteiger partial charge is 0.326 e. The molecule has 1 unspecified atom stereocenters. The summed E-state index contributed by atoms with van der Waals surface area (Å²) in [6.45, 7) is 0. The fraction of sp³-hybridized carbons (Fsp3) is 0.182. The fourth-order valence-electron chi connectivity index (χ4n) is 1.33. The van der Waals surface area contributed by atoms with E-state index in [0.717, 1.165) is 0 Å². The maximum Gasteiger partial charge on any atom is 0.326 e. The Morgan fingerprint density at radius 2 is 1.85 bits per heavy atom. The van der Waals surface area contributed by atoms with Gasteiger partial charge in [0.1, 0.15) is 6.04 Å². The maximum atomic E-state index is 13.0. The van der Waals surface area contributed by atoms with Crippen LogP contribution in [0.2, 0.25) is 5.02 Å². The highest BCUT2D eigenvalue weighted by Gasteiger charge is 2.24. The Balaban J connectivity index is 2.97. The molecule has 108 valence electrons. The van der Waals surface area contributed by atoms with Crippen molar-refractivity contribution in [2.24, 2.45) is 5.73 Å². The zero-order chi connectivity index (χ0) is 15.4. The van der Waals surface area contributed by atoms with Crippen molar-refractivity contribution in [2.75, 3.05) is 0 Å². The van der Waals surface area contributed by atoms with Crippen LogP contribution >= 0.6 is 11.6 Å². The van der Waals surface area contributed by atoms with Crippen molar-refractivity contribution >= 4 is 29.4 Å². The average molecular weight is 307 g/mol. The van der Waals surface area contributed by atoms with E-state index < -0.39 is 52.5 Å². The summed E-state index contributed by atoms with van der Waals surface area (Å²) in [5.41, 5.74) is 4.37. The fourth-order valence-corrected chi connectivity index (χ4v) is 1.57. The van der Waals surface area contributed by atoms with Crippen LogP contribution in [-0.2, 0) is 9.59 Å². The molecule has 0 heterocycles. The molecule has 0 aliphatic carbocycles. The first-order valence-corrected chi connectivity index (χ1v) is 5.56. The van der Waals surface area contributed by atoms with Gasteiger partial charge in [-0.1, -0.05) is 11.6 Å². The second-order valence-electron chi connectivity index (χ2n) is 3.78. The number of aliphatic carboxylic acids is 1. The summed E-state index contributed by atoms with van der Waals surface area (Å²) in [4.78, 5) is 33.2. The summed E-state index contributed by atoms with van der Waals surface area (Å²) in [7, 11) is 0. The standard InChI is InChI=1S/C11H9ClF2N2O4/c12-5-2-7(14)6(13)1-4(5)10(18)16-8(11(19)20)3-9(15)17/h1-2,8H,3H2,(H2,15,17)(H,16,18)(H,19,20). The number of hydrogen-bond donors (Lipinski definition) is 3. The van der Waals surface area contributed by atoms with Crippen molar-refractivity contribution in [2.45, 2.75) is 12.5 Å². The summed E-state index contributed by atoms with van der Waals surface area (Å²) in [5.74, 6) is -6.09. The van der Waals surface area contributed by atoms with Gasteiger partial charge in [0.15, 0.2) is 11.6 Å². The summed E-state index contributed by atoms with van der Waals surface area (Å²) in [5, 5.41) is 10.3. The molecular formula is C11H9ClF2N2O4. The lowest BCUT2D eigenvalue weighted by atomic mass is 10.1. The Morgan fingerprint density at radius 3 is 2.35 bits per heavy atom. The van der Waals surface area contributed by atoms with E-state index in [1.807, 2.05) is 5.32 Å². The van der Waals surface area contributed by atoms with Crippen molar-refractivity contribution in [3.05, 3.63) is 34.4 Å². The zero-order valence-electron chi connectivity index (χ0n) is 9.82. The van der Waals surface area contributed by atoms with Crippen LogP contribution in [0.25, 0.3) is 0 Å². The largest absolute Gasteiger partial charge is 0.480 e. The Labute approximate surface area is 116 Å². The van der Waals surface area contributed by atoms with Crippen LogP contribution in [-0.4, -0.2) is 28.9 Å². The molecule has 0 saturated heterocycles. The molecule has 1 aromatic rings. The maximum absolute atomic E-state index is 13.0. The first kappa shape index (κ1) is 15.8. The van der Waals surface area contributed by atoms with Crippen molar-refractivity contribution in [1.82, 2.24) is 5.32 Å². The molecule has 1 rings (SSSR count). The van der Waals surface area contributed by atoms with Crippen LogP contribution in [0.1, 0.15) is 16.8 Å². The number of halogens is 3. The molecule has 2 amide bonds. The van der Waals surface area contributed by atoms with Gasteiger partial charge < -0.3 is 16.2 Å². The topological polar surface area (TPSA) is 109 Å². The molecule has 0 fully saturated rings. The monoisotopic (exact) mass is 306 g/mol. The van der Waals surface area contributed by atoms with Gasteiger partial charge in [-0.2, -0.15) is 0 Å². The molecule has 6 nitrogen and oxygen atoms in total. The summed E-state index contributed by atoms with van der Waals surface area (Å²) >= 11 is 5.56. The SMILES string of the molecule is NC(=O)CC(NC(=O)c1cc(F)c(F)cc1Cl)C(=O)O. The highest BCUT2D eigenvalue weighted by Crippen LogP contribution is 2.20. The second-order valence-corrected chi connectivity index (χ2v) is 4.19. The molecule has 1 atom stereocenters. The number of carbonyl (C=O) groups is 3. The minimum Gasteiger partial charge on any atom is -0.480 e. The molecule has 0 radical (unpaired) electrons. The Hall–Kier alpha value is -2.22. The Bertz CT molecular complexity index is 580. The first-order valence-electron chi connectivity index (χ1n) is 5.19. The van der Waals surface area contributed by atoms with Crippen molar-refractivity contribution in [3.63, 3.8) is 0 Å². The van der Waals surface area contributed by atoms with E-state index in [2.05, 4.69) is 0 Å². The number of rotatable bonds is 5. The van der Waals surface area contributed by atoms with Gasteiger partial charge in [0.25, 0.3) is 5.91 Å². The molecule has 0 aliphatic rings. The summed E-state index contributed by atoms with van der Waals surface area (Å²) < 4.78 is 25.9. The summed E-state index contributed by atoms with van der Waals surface area (Å²) in [6.07, 6.45) is -0.650. The van der Waals surface area contributed by atoms with E-state index in [1.165, 1.54) is 0 Å². The van der Waals surface area contributed by atoms with Gasteiger partial charge in [0, 0.05) is 0 Å². The number of nitrogens with two attached hydrogens (primary N) is 1. The third-order valence-corrected chi connectivity index (χ3v) is 2.58. The van der Waals surface area contributed by atoms with E-state index in [4.69, 9.17) is 22.4 Å². The molecule has 0 spiro atoms. The van der Waals surface area contributed by atoms with Crippen LogP contribution in [0.15, 0.2) is 12.1 Å². The van der Waals surface area contributed by atoms with Crippen LogP contribution in [0.5, 0.6) is 0 Å². The summed E-state index contributed by atoms with van der Waals surface area (Å²) in [6, 6.07) is -0.490. The molecule has 1 aromatic carbocycles. The quantitative estimate of drug-likeness (QED) is 0.695. The molecule has 0 aromatic heterocycles. The highest BCUT2D eigenvalue weighted by atomic mass is 35.5. The van der Waals surface area contributed by atoms with Crippen LogP contribution in [0.3, 0.4) is 0 Å². The molecular weight excluding hydrogens is 298 g/mol. The van der Waals surface area contributed by atoms with Crippen molar-refractivity contribution < 1.29 is 28.3 Å². The number of benzene rings is 1. The van der Waals surface area contributed by atoms with Crippen molar-refractivity contribution in [3.8, 4) is 0 Å². The zero-order valence-corrected chi connectivity index (χ0v) is 10.6. The van der Waals surface area contributed by atoms with E-state index in [1.54, 1.807) is 0 Å². The number of carboxylic acid groups (broad SMARTS) is 1. The number of primary amides is 1. The predicted molar refractivity (Wildman–Crippen MR) is 64.1 cm³/mol. The molecule has 0 saturated carbocycles. The molecule has 0 aliphatic heterocycles. The number of nitrogens with one attached hydrogen (secondary N) is 1. The van der Waals surface area contributed by atoms with E-state index in [0.29, 0.717) is 12.1 Å². The lowest BCUT2D eigenvalue weighted by Gasteiger charge is -2.13. The van der Waals surface area contributed by atoms with Gasteiger partial charge in [-0.15, -0.1) is 0 Å². The van der Waals surface area contributed by atoms with E-state index in [-0.39, 0.29) is 0 Å². The normalized spacial score (nSPS) is 11.8. The number of carboxylic acids is 1. The van der Waals surface area contributed by atoms with Gasteiger partial charge >= 0.3 is 5.97 Å². The number of hydrogen-bond acceptors (Lipinski definition) is 3. The third-order valence-electron chi connectivity index (χ3n) is 2.26. The van der Waals surface area contributed by atoms with Crippen LogP contribution in [0.4, 0.5) is 8.78 Å². The predicted octanol–water partition coefficient (Wildman–Crippen LogP) is 0.677. The molecule has 20 heavy (non-hydrogen) atoms. The van der Waals surface area contributed by atoms with Crippen LogP contribution < -0.4 is 11.1 Å². The van der Waals surface area contributed by atoms with Gasteiger partial charge in [-0.25, -0.2) is 13.6 Å². The lowest BCUT2D eigenvalue weighted by molar-refractivity contribution is -0.140. The average Bonchev–Trinajstić information content (AvgIpc) is 2.32. The minimum atomic E-state index is -1.59.